The second kappa shape index (κ2) is 6.34. The summed E-state index contributed by atoms with van der Waals surface area (Å²) >= 11 is 1.40. The van der Waals surface area contributed by atoms with Crippen LogP contribution in [0.15, 0.2) is 12.3 Å². The molecule has 0 N–H and O–H groups in total. The first kappa shape index (κ1) is 13.6. The Balaban J connectivity index is 2.94. The van der Waals surface area contributed by atoms with Gasteiger partial charge in [-0.1, -0.05) is 0 Å². The number of carbonyl (C=O) groups excluding carboxylic acids is 1. The molecule has 0 saturated carbocycles. The number of carbonyl (C=O) groups is 1. The maximum Gasteiger partial charge on any atom is 0.325 e. The zero-order valence-corrected chi connectivity index (χ0v) is 11.0. The number of hydrogen-bond acceptors (Lipinski definition) is 6. The van der Waals surface area contributed by atoms with Crippen LogP contribution in [-0.2, 0) is 4.79 Å². The third-order valence-corrected chi connectivity index (χ3v) is 3.04. The second-order valence-corrected chi connectivity index (χ2v) is 4.33. The van der Waals surface area contributed by atoms with Gasteiger partial charge < -0.3 is 14.2 Å². The molecule has 0 aliphatic carbocycles. The molecular formula is C11H15NO4S. The average molecular weight is 257 g/mol. The van der Waals surface area contributed by atoms with Gasteiger partial charge in [0.05, 0.1) is 19.5 Å². The molecule has 17 heavy (non-hydrogen) atoms. The first-order chi connectivity index (χ1) is 8.13. The topological polar surface area (TPSA) is 57.7 Å². The van der Waals surface area contributed by atoms with Crippen LogP contribution in [0.25, 0.3) is 0 Å². The third-order valence-electron chi connectivity index (χ3n) is 2.14. The number of hydrogen-bond donors (Lipinski definition) is 0. The monoisotopic (exact) mass is 257 g/mol. The van der Waals surface area contributed by atoms with Crippen molar-refractivity contribution in [3.8, 4) is 17.4 Å². The standard InChI is InChI=1S/C11H15NO4S/c1-7(17-4)11(13)16-10-9(15-3)8(14-2)5-6-12-10/h5-7H,1-4H3. The minimum Gasteiger partial charge on any atom is -0.493 e. The molecule has 1 atom stereocenters. The number of esters is 1. The SMILES string of the molecule is COc1ccnc(OC(=O)C(C)SC)c1OC. The molecule has 1 rings (SSSR count). The maximum absolute atomic E-state index is 11.6. The first-order valence-corrected chi connectivity index (χ1v) is 6.24. The van der Waals surface area contributed by atoms with E-state index in [1.165, 1.54) is 32.2 Å². The number of pyridine rings is 1. The normalized spacial score (nSPS) is 11.8. The van der Waals surface area contributed by atoms with E-state index in [1.807, 2.05) is 6.26 Å². The van der Waals surface area contributed by atoms with Crippen LogP contribution in [0.2, 0.25) is 0 Å². The van der Waals surface area contributed by atoms with Gasteiger partial charge in [0.15, 0.2) is 5.75 Å². The largest absolute Gasteiger partial charge is 0.493 e. The predicted molar refractivity (Wildman–Crippen MR) is 66.0 cm³/mol. The van der Waals surface area contributed by atoms with Gasteiger partial charge in [-0.3, -0.25) is 4.79 Å². The fourth-order valence-electron chi connectivity index (χ4n) is 1.11. The van der Waals surface area contributed by atoms with Gasteiger partial charge in [-0.05, 0) is 13.2 Å². The molecule has 0 saturated heterocycles. The Morgan fingerprint density at radius 3 is 2.65 bits per heavy atom. The van der Waals surface area contributed by atoms with Crippen LogP contribution in [-0.4, -0.2) is 36.7 Å². The lowest BCUT2D eigenvalue weighted by atomic mass is 10.4. The van der Waals surface area contributed by atoms with E-state index in [-0.39, 0.29) is 17.1 Å². The highest BCUT2D eigenvalue weighted by molar-refractivity contribution is 7.99. The minimum absolute atomic E-state index is 0.123. The summed E-state index contributed by atoms with van der Waals surface area (Å²) in [5, 5.41) is -0.257. The Morgan fingerprint density at radius 1 is 1.41 bits per heavy atom. The number of rotatable bonds is 5. The van der Waals surface area contributed by atoms with Gasteiger partial charge in [0, 0.05) is 12.3 Å². The van der Waals surface area contributed by atoms with Crippen molar-refractivity contribution in [1.82, 2.24) is 4.98 Å². The van der Waals surface area contributed by atoms with E-state index in [0.29, 0.717) is 11.5 Å². The summed E-state index contributed by atoms with van der Waals surface area (Å²) < 4.78 is 15.3. The number of thioether (sulfide) groups is 1. The molecule has 0 fully saturated rings. The fourth-order valence-corrected chi connectivity index (χ4v) is 1.35. The average Bonchev–Trinajstić information content (AvgIpc) is 2.37. The van der Waals surface area contributed by atoms with Gasteiger partial charge in [0.1, 0.15) is 0 Å². The van der Waals surface area contributed by atoms with Crippen LogP contribution in [0.5, 0.6) is 17.4 Å². The molecule has 0 radical (unpaired) electrons. The lowest BCUT2D eigenvalue weighted by Crippen LogP contribution is -2.20. The number of methoxy groups -OCH3 is 2. The van der Waals surface area contributed by atoms with Gasteiger partial charge in [0.25, 0.3) is 5.88 Å². The summed E-state index contributed by atoms with van der Waals surface area (Å²) in [6.45, 7) is 1.76. The van der Waals surface area contributed by atoms with Crippen molar-refractivity contribution in [3.63, 3.8) is 0 Å². The lowest BCUT2D eigenvalue weighted by Gasteiger charge is -2.12. The maximum atomic E-state index is 11.6. The summed E-state index contributed by atoms with van der Waals surface area (Å²) in [7, 11) is 2.98. The van der Waals surface area contributed by atoms with E-state index in [0.717, 1.165) is 0 Å². The minimum atomic E-state index is -0.364. The molecule has 0 aromatic carbocycles. The highest BCUT2D eigenvalue weighted by Crippen LogP contribution is 2.34. The van der Waals surface area contributed by atoms with E-state index < -0.39 is 0 Å². The van der Waals surface area contributed by atoms with Gasteiger partial charge in [-0.2, -0.15) is 11.8 Å². The predicted octanol–water partition coefficient (Wildman–Crippen LogP) is 1.76. The number of aromatic nitrogens is 1. The Morgan fingerprint density at radius 2 is 2.12 bits per heavy atom. The number of nitrogens with zero attached hydrogens (tertiary/aromatic N) is 1. The zero-order chi connectivity index (χ0) is 12.8. The van der Waals surface area contributed by atoms with Crippen molar-refractivity contribution in [1.29, 1.82) is 0 Å². The van der Waals surface area contributed by atoms with Crippen LogP contribution in [0.4, 0.5) is 0 Å². The molecule has 1 aromatic rings. The van der Waals surface area contributed by atoms with Gasteiger partial charge >= 0.3 is 5.97 Å². The Bertz CT molecular complexity index is 397. The van der Waals surface area contributed by atoms with E-state index in [1.54, 1.807) is 13.0 Å². The van der Waals surface area contributed by atoms with Crippen LogP contribution < -0.4 is 14.2 Å². The van der Waals surface area contributed by atoms with E-state index in [4.69, 9.17) is 14.2 Å². The summed E-state index contributed by atoms with van der Waals surface area (Å²) in [4.78, 5) is 15.6. The first-order valence-electron chi connectivity index (χ1n) is 4.95. The molecule has 0 aliphatic heterocycles. The quantitative estimate of drug-likeness (QED) is 0.749. The van der Waals surface area contributed by atoms with E-state index in [9.17, 15) is 4.79 Å². The fraction of sp³-hybridized carbons (Fsp3) is 0.455. The van der Waals surface area contributed by atoms with Gasteiger partial charge in [0.2, 0.25) is 5.75 Å². The highest BCUT2D eigenvalue weighted by atomic mass is 32.2. The van der Waals surface area contributed by atoms with Crippen molar-refractivity contribution in [2.24, 2.45) is 0 Å². The van der Waals surface area contributed by atoms with E-state index >= 15 is 0 Å². The molecule has 0 aliphatic rings. The number of ether oxygens (including phenoxy) is 3. The summed E-state index contributed by atoms with van der Waals surface area (Å²) in [6, 6.07) is 1.63. The molecule has 0 spiro atoms. The molecule has 0 amide bonds. The highest BCUT2D eigenvalue weighted by Gasteiger charge is 2.19. The van der Waals surface area contributed by atoms with Crippen LogP contribution in [0, 0.1) is 0 Å². The Kier molecular flexibility index (Phi) is 5.09. The summed E-state index contributed by atoms with van der Waals surface area (Å²) in [5.74, 6) is 0.549. The van der Waals surface area contributed by atoms with Crippen molar-refractivity contribution in [2.45, 2.75) is 12.2 Å². The van der Waals surface area contributed by atoms with Crippen molar-refractivity contribution >= 4 is 17.7 Å². The molecular weight excluding hydrogens is 242 g/mol. The summed E-state index contributed by atoms with van der Waals surface area (Å²) in [6.07, 6.45) is 3.33. The molecule has 0 bridgehead atoms. The molecule has 94 valence electrons. The van der Waals surface area contributed by atoms with Crippen molar-refractivity contribution in [3.05, 3.63) is 12.3 Å². The van der Waals surface area contributed by atoms with Crippen molar-refractivity contribution in [2.75, 3.05) is 20.5 Å². The van der Waals surface area contributed by atoms with Gasteiger partial charge in [-0.15, -0.1) is 0 Å². The molecule has 6 heteroatoms. The van der Waals surface area contributed by atoms with Crippen LogP contribution in [0.3, 0.4) is 0 Å². The molecule has 1 unspecified atom stereocenters. The van der Waals surface area contributed by atoms with Crippen LogP contribution in [0.1, 0.15) is 6.92 Å². The Labute approximate surface area is 104 Å². The lowest BCUT2D eigenvalue weighted by molar-refractivity contribution is -0.133. The molecule has 1 heterocycles. The molecule has 5 nitrogen and oxygen atoms in total. The van der Waals surface area contributed by atoms with Gasteiger partial charge in [-0.25, -0.2) is 4.98 Å². The van der Waals surface area contributed by atoms with Crippen molar-refractivity contribution < 1.29 is 19.0 Å². The second-order valence-electron chi connectivity index (χ2n) is 3.15. The zero-order valence-electron chi connectivity index (χ0n) is 10.2. The molecule has 1 aromatic heterocycles. The summed E-state index contributed by atoms with van der Waals surface area (Å²) in [5.41, 5.74) is 0. The Hall–Kier alpha value is -1.43. The van der Waals surface area contributed by atoms with Crippen LogP contribution >= 0.6 is 11.8 Å². The smallest absolute Gasteiger partial charge is 0.325 e. The van der Waals surface area contributed by atoms with E-state index in [2.05, 4.69) is 4.98 Å². The third kappa shape index (κ3) is 3.26.